The fourth-order valence-electron chi connectivity index (χ4n) is 2.13. The molecule has 0 saturated heterocycles. The average Bonchev–Trinajstić information content (AvgIpc) is 2.61. The van der Waals surface area contributed by atoms with E-state index in [2.05, 4.69) is 5.32 Å². The first-order chi connectivity index (χ1) is 12.5. The molecule has 26 heavy (non-hydrogen) atoms. The number of halogens is 2. The molecule has 1 atom stereocenters. The van der Waals surface area contributed by atoms with E-state index in [1.54, 1.807) is 0 Å². The van der Waals surface area contributed by atoms with Crippen molar-refractivity contribution in [3.63, 3.8) is 0 Å². The molecular formula is C19H19ClFNO4. The van der Waals surface area contributed by atoms with Crippen LogP contribution in [0.1, 0.15) is 12.5 Å². The van der Waals surface area contributed by atoms with Crippen molar-refractivity contribution in [2.75, 3.05) is 13.2 Å². The van der Waals surface area contributed by atoms with E-state index in [-0.39, 0.29) is 10.8 Å². The van der Waals surface area contributed by atoms with Gasteiger partial charge >= 0.3 is 5.97 Å². The highest BCUT2D eigenvalue weighted by Gasteiger charge is 2.18. The predicted molar refractivity (Wildman–Crippen MR) is 95.6 cm³/mol. The SMILES string of the molecule is C[C@@H](OC(=O)COc1ccc(F)cc1Cl)C(=O)NCCc1ccccc1. The molecule has 0 radical (unpaired) electrons. The molecule has 2 rings (SSSR count). The van der Waals surface area contributed by atoms with E-state index < -0.39 is 30.4 Å². The summed E-state index contributed by atoms with van der Waals surface area (Å²) < 4.78 is 23.1. The van der Waals surface area contributed by atoms with Crippen molar-refractivity contribution in [1.82, 2.24) is 5.32 Å². The molecule has 2 aromatic rings. The lowest BCUT2D eigenvalue weighted by Crippen LogP contribution is -2.37. The van der Waals surface area contributed by atoms with Gasteiger partial charge in [0.25, 0.3) is 5.91 Å². The lowest BCUT2D eigenvalue weighted by molar-refractivity contribution is -0.156. The summed E-state index contributed by atoms with van der Waals surface area (Å²) in [6, 6.07) is 13.3. The summed E-state index contributed by atoms with van der Waals surface area (Å²) in [7, 11) is 0. The molecule has 0 aliphatic heterocycles. The van der Waals surface area contributed by atoms with Crippen molar-refractivity contribution in [3.05, 3.63) is 64.9 Å². The Kier molecular flexibility index (Phi) is 7.41. The van der Waals surface area contributed by atoms with Gasteiger partial charge in [0, 0.05) is 6.54 Å². The Morgan fingerprint density at radius 2 is 1.92 bits per heavy atom. The third-order valence-corrected chi connectivity index (χ3v) is 3.77. The number of ether oxygens (including phenoxy) is 2. The zero-order valence-corrected chi connectivity index (χ0v) is 15.0. The Morgan fingerprint density at radius 1 is 1.19 bits per heavy atom. The van der Waals surface area contributed by atoms with E-state index in [1.807, 2.05) is 30.3 Å². The number of carbonyl (C=O) groups is 2. The van der Waals surface area contributed by atoms with E-state index in [0.29, 0.717) is 13.0 Å². The lowest BCUT2D eigenvalue weighted by Gasteiger charge is -2.14. The smallest absolute Gasteiger partial charge is 0.344 e. The number of amides is 1. The maximum atomic E-state index is 12.9. The average molecular weight is 380 g/mol. The predicted octanol–water partition coefficient (Wildman–Crippen LogP) is 3.15. The molecule has 2 aromatic carbocycles. The molecular weight excluding hydrogens is 361 g/mol. The van der Waals surface area contributed by atoms with Gasteiger partial charge in [0.05, 0.1) is 5.02 Å². The quantitative estimate of drug-likeness (QED) is 0.716. The van der Waals surface area contributed by atoms with E-state index in [4.69, 9.17) is 21.1 Å². The van der Waals surface area contributed by atoms with Crippen molar-refractivity contribution in [2.45, 2.75) is 19.4 Å². The Labute approximate surface area is 156 Å². The number of benzene rings is 2. The van der Waals surface area contributed by atoms with Crippen molar-refractivity contribution < 1.29 is 23.5 Å². The van der Waals surface area contributed by atoms with Gasteiger partial charge in [-0.25, -0.2) is 9.18 Å². The second kappa shape index (κ2) is 9.77. The van der Waals surface area contributed by atoms with Gasteiger partial charge in [0.15, 0.2) is 12.7 Å². The zero-order chi connectivity index (χ0) is 18.9. The fourth-order valence-corrected chi connectivity index (χ4v) is 2.35. The van der Waals surface area contributed by atoms with E-state index in [1.165, 1.54) is 13.0 Å². The van der Waals surface area contributed by atoms with E-state index in [0.717, 1.165) is 17.7 Å². The molecule has 0 fully saturated rings. The summed E-state index contributed by atoms with van der Waals surface area (Å²) in [6.45, 7) is 1.47. The van der Waals surface area contributed by atoms with Crippen LogP contribution in [-0.2, 0) is 20.7 Å². The van der Waals surface area contributed by atoms with Crippen LogP contribution in [0.5, 0.6) is 5.75 Å². The largest absolute Gasteiger partial charge is 0.480 e. The monoisotopic (exact) mass is 379 g/mol. The Hall–Kier alpha value is -2.60. The third kappa shape index (κ3) is 6.37. The van der Waals surface area contributed by atoms with E-state index >= 15 is 0 Å². The summed E-state index contributed by atoms with van der Waals surface area (Å²) in [4.78, 5) is 23.7. The van der Waals surface area contributed by atoms with Crippen LogP contribution in [0.25, 0.3) is 0 Å². The molecule has 0 unspecified atom stereocenters. The van der Waals surface area contributed by atoms with Crippen LogP contribution < -0.4 is 10.1 Å². The molecule has 0 saturated carbocycles. The van der Waals surface area contributed by atoms with Crippen molar-refractivity contribution in [3.8, 4) is 5.75 Å². The summed E-state index contributed by atoms with van der Waals surface area (Å²) >= 11 is 5.80. The van der Waals surface area contributed by atoms with Gasteiger partial charge in [-0.05, 0) is 37.1 Å². The number of carbonyl (C=O) groups excluding carboxylic acids is 2. The van der Waals surface area contributed by atoms with Crippen LogP contribution in [0, 0.1) is 5.82 Å². The first kappa shape index (κ1) is 19.7. The van der Waals surface area contributed by atoms with Gasteiger partial charge in [-0.1, -0.05) is 41.9 Å². The molecule has 138 valence electrons. The van der Waals surface area contributed by atoms with E-state index in [9.17, 15) is 14.0 Å². The van der Waals surface area contributed by atoms with Crippen LogP contribution >= 0.6 is 11.6 Å². The standard InChI is InChI=1S/C19H19ClFNO4/c1-13(19(24)22-10-9-14-5-3-2-4-6-14)26-18(23)12-25-17-8-7-15(21)11-16(17)20/h2-8,11,13H,9-10,12H2,1H3,(H,22,24)/t13-/m1/s1. The third-order valence-electron chi connectivity index (χ3n) is 3.47. The maximum absolute atomic E-state index is 12.9. The molecule has 0 aliphatic rings. The van der Waals surface area contributed by atoms with Gasteiger partial charge in [-0.2, -0.15) is 0 Å². The molecule has 0 aliphatic carbocycles. The highest BCUT2D eigenvalue weighted by atomic mass is 35.5. The van der Waals surface area contributed by atoms with Crippen molar-refractivity contribution in [1.29, 1.82) is 0 Å². The van der Waals surface area contributed by atoms with Crippen LogP contribution in [-0.4, -0.2) is 31.1 Å². The molecule has 0 aromatic heterocycles. The Balaban J connectivity index is 1.71. The van der Waals surface area contributed by atoms with Crippen LogP contribution in [0.15, 0.2) is 48.5 Å². The lowest BCUT2D eigenvalue weighted by atomic mass is 10.1. The first-order valence-electron chi connectivity index (χ1n) is 8.04. The Bertz CT molecular complexity index is 754. The van der Waals surface area contributed by atoms with Crippen LogP contribution in [0.4, 0.5) is 4.39 Å². The van der Waals surface area contributed by atoms with Gasteiger partial charge in [0.2, 0.25) is 0 Å². The topological polar surface area (TPSA) is 64.6 Å². The maximum Gasteiger partial charge on any atom is 0.344 e. The van der Waals surface area contributed by atoms with Gasteiger partial charge in [-0.3, -0.25) is 4.79 Å². The minimum atomic E-state index is -0.953. The molecule has 0 spiro atoms. The fraction of sp³-hybridized carbons (Fsp3) is 0.263. The summed E-state index contributed by atoms with van der Waals surface area (Å²) in [5.74, 6) is -1.47. The molecule has 1 amide bonds. The minimum absolute atomic E-state index is 0.0458. The zero-order valence-electron chi connectivity index (χ0n) is 14.2. The van der Waals surface area contributed by atoms with Gasteiger partial charge in [0.1, 0.15) is 11.6 Å². The van der Waals surface area contributed by atoms with Gasteiger partial charge in [-0.15, -0.1) is 0 Å². The number of rotatable bonds is 8. The summed E-state index contributed by atoms with van der Waals surface area (Å²) in [6.07, 6.45) is -0.273. The van der Waals surface area contributed by atoms with Gasteiger partial charge < -0.3 is 14.8 Å². The molecule has 7 heteroatoms. The summed E-state index contributed by atoms with van der Waals surface area (Å²) in [5, 5.41) is 2.75. The van der Waals surface area contributed by atoms with Crippen molar-refractivity contribution in [2.24, 2.45) is 0 Å². The molecule has 0 heterocycles. The number of nitrogens with one attached hydrogen (secondary N) is 1. The highest BCUT2D eigenvalue weighted by Crippen LogP contribution is 2.24. The molecule has 5 nitrogen and oxygen atoms in total. The minimum Gasteiger partial charge on any atom is -0.480 e. The first-order valence-corrected chi connectivity index (χ1v) is 8.42. The van der Waals surface area contributed by atoms with Crippen molar-refractivity contribution >= 4 is 23.5 Å². The highest BCUT2D eigenvalue weighted by molar-refractivity contribution is 6.32. The molecule has 1 N–H and O–H groups in total. The van der Waals surface area contributed by atoms with Crippen LogP contribution in [0.3, 0.4) is 0 Å². The second-order valence-corrected chi connectivity index (χ2v) is 5.93. The second-order valence-electron chi connectivity index (χ2n) is 5.52. The van der Waals surface area contributed by atoms with Crippen LogP contribution in [0.2, 0.25) is 5.02 Å². The number of hydrogen-bond acceptors (Lipinski definition) is 4. The summed E-state index contributed by atoms with van der Waals surface area (Å²) in [5.41, 5.74) is 1.10. The molecule has 0 bridgehead atoms. The Morgan fingerprint density at radius 3 is 2.62 bits per heavy atom. The number of hydrogen-bond donors (Lipinski definition) is 1. The number of esters is 1. The normalized spacial score (nSPS) is 11.5.